The summed E-state index contributed by atoms with van der Waals surface area (Å²) < 4.78 is 0. The van der Waals surface area contributed by atoms with Crippen LogP contribution in [0.4, 0.5) is 10.5 Å². The van der Waals surface area contributed by atoms with Crippen molar-refractivity contribution in [3.63, 3.8) is 0 Å². The molecule has 0 unspecified atom stereocenters. The van der Waals surface area contributed by atoms with Crippen LogP contribution in [0.25, 0.3) is 0 Å². The van der Waals surface area contributed by atoms with E-state index in [9.17, 15) is 4.79 Å². The zero-order chi connectivity index (χ0) is 12.9. The molecular weight excluding hydrogens is 214 g/mol. The number of urea groups is 1. The second-order valence-corrected chi connectivity index (χ2v) is 5.27. The summed E-state index contributed by atoms with van der Waals surface area (Å²) in [5, 5.41) is 5.61. The van der Waals surface area contributed by atoms with Gasteiger partial charge in [-0.25, -0.2) is 4.79 Å². The summed E-state index contributed by atoms with van der Waals surface area (Å²) in [5.41, 5.74) is 7.38. The zero-order valence-electron chi connectivity index (χ0n) is 10.7. The number of anilines is 1. The second kappa shape index (κ2) is 5.68. The van der Waals surface area contributed by atoms with Crippen molar-refractivity contribution < 1.29 is 4.79 Å². The van der Waals surface area contributed by atoms with Crippen LogP contribution >= 0.6 is 0 Å². The molecule has 0 spiro atoms. The number of carbonyl (C=O) groups excluding carboxylic acids is 1. The molecule has 4 heteroatoms. The third-order valence-corrected chi connectivity index (χ3v) is 2.20. The van der Waals surface area contributed by atoms with E-state index in [1.54, 1.807) is 0 Å². The van der Waals surface area contributed by atoms with Crippen LogP contribution in [0.15, 0.2) is 24.3 Å². The predicted octanol–water partition coefficient (Wildman–Crippen LogP) is 2.31. The Morgan fingerprint density at radius 1 is 1.35 bits per heavy atom. The Hall–Kier alpha value is -1.55. The lowest BCUT2D eigenvalue weighted by Crippen LogP contribution is -2.35. The van der Waals surface area contributed by atoms with Crippen molar-refractivity contribution in [3.8, 4) is 0 Å². The fourth-order valence-corrected chi connectivity index (χ4v) is 1.30. The number of rotatable bonds is 3. The van der Waals surface area contributed by atoms with Crippen LogP contribution in [0.3, 0.4) is 0 Å². The maximum atomic E-state index is 11.6. The van der Waals surface area contributed by atoms with Crippen LogP contribution in [0.1, 0.15) is 26.3 Å². The average molecular weight is 235 g/mol. The smallest absolute Gasteiger partial charge is 0.319 e. The van der Waals surface area contributed by atoms with Crippen molar-refractivity contribution in [1.82, 2.24) is 5.32 Å². The van der Waals surface area contributed by atoms with E-state index < -0.39 is 0 Å². The molecule has 0 heterocycles. The number of carbonyl (C=O) groups is 1. The molecule has 1 rings (SSSR count). The number of benzene rings is 1. The van der Waals surface area contributed by atoms with Gasteiger partial charge in [0.2, 0.25) is 0 Å². The number of nitrogens with one attached hydrogen (secondary N) is 2. The van der Waals surface area contributed by atoms with E-state index in [1.807, 2.05) is 24.3 Å². The highest BCUT2D eigenvalue weighted by atomic mass is 16.2. The van der Waals surface area contributed by atoms with Crippen LogP contribution in [0.2, 0.25) is 0 Å². The largest absolute Gasteiger partial charge is 0.337 e. The maximum absolute atomic E-state index is 11.6. The van der Waals surface area contributed by atoms with E-state index >= 15 is 0 Å². The van der Waals surface area contributed by atoms with Gasteiger partial charge in [-0.2, -0.15) is 0 Å². The minimum atomic E-state index is -0.186. The molecule has 0 atom stereocenters. The first-order valence-electron chi connectivity index (χ1n) is 5.74. The van der Waals surface area contributed by atoms with Crippen molar-refractivity contribution in [3.05, 3.63) is 29.8 Å². The van der Waals surface area contributed by atoms with Gasteiger partial charge in [-0.1, -0.05) is 32.9 Å². The van der Waals surface area contributed by atoms with E-state index in [0.29, 0.717) is 13.1 Å². The van der Waals surface area contributed by atoms with Gasteiger partial charge in [0.05, 0.1) is 0 Å². The molecule has 1 aromatic carbocycles. The normalized spacial score (nSPS) is 11.1. The van der Waals surface area contributed by atoms with Gasteiger partial charge in [-0.15, -0.1) is 0 Å². The summed E-state index contributed by atoms with van der Waals surface area (Å²) in [6.07, 6.45) is 0. The van der Waals surface area contributed by atoms with Gasteiger partial charge in [0, 0.05) is 18.8 Å². The SMILES string of the molecule is CC(C)(C)CNC(=O)Nc1cccc(CN)c1. The van der Waals surface area contributed by atoms with Crippen molar-refractivity contribution >= 4 is 11.7 Å². The van der Waals surface area contributed by atoms with Crippen molar-refractivity contribution in [2.45, 2.75) is 27.3 Å². The van der Waals surface area contributed by atoms with Gasteiger partial charge in [0.25, 0.3) is 0 Å². The zero-order valence-corrected chi connectivity index (χ0v) is 10.7. The van der Waals surface area contributed by atoms with Crippen LogP contribution < -0.4 is 16.4 Å². The van der Waals surface area contributed by atoms with E-state index in [1.165, 1.54) is 0 Å². The Labute approximate surface area is 103 Å². The van der Waals surface area contributed by atoms with Gasteiger partial charge in [-0.05, 0) is 23.1 Å². The second-order valence-electron chi connectivity index (χ2n) is 5.27. The molecule has 4 N–H and O–H groups in total. The number of hydrogen-bond donors (Lipinski definition) is 3. The predicted molar refractivity (Wildman–Crippen MR) is 70.8 cm³/mol. The van der Waals surface area contributed by atoms with E-state index in [4.69, 9.17) is 5.73 Å². The molecule has 0 aliphatic rings. The molecule has 94 valence electrons. The molecule has 17 heavy (non-hydrogen) atoms. The highest BCUT2D eigenvalue weighted by Crippen LogP contribution is 2.12. The van der Waals surface area contributed by atoms with Crippen molar-refractivity contribution in [1.29, 1.82) is 0 Å². The minimum Gasteiger partial charge on any atom is -0.337 e. The first-order valence-corrected chi connectivity index (χ1v) is 5.74. The van der Waals surface area contributed by atoms with Gasteiger partial charge >= 0.3 is 6.03 Å². The van der Waals surface area contributed by atoms with Gasteiger partial charge in [-0.3, -0.25) is 0 Å². The molecular formula is C13H21N3O. The molecule has 0 fully saturated rings. The fourth-order valence-electron chi connectivity index (χ4n) is 1.30. The molecule has 0 bridgehead atoms. The Morgan fingerprint density at radius 2 is 2.06 bits per heavy atom. The monoisotopic (exact) mass is 235 g/mol. The quantitative estimate of drug-likeness (QED) is 0.752. The molecule has 0 aromatic heterocycles. The third kappa shape index (κ3) is 5.36. The first-order chi connectivity index (χ1) is 7.90. The fraction of sp³-hybridized carbons (Fsp3) is 0.462. The Kier molecular flexibility index (Phi) is 4.52. The Bertz CT molecular complexity index is 382. The molecule has 2 amide bonds. The lowest BCUT2D eigenvalue weighted by atomic mass is 9.97. The average Bonchev–Trinajstić information content (AvgIpc) is 2.26. The van der Waals surface area contributed by atoms with Gasteiger partial charge in [0.1, 0.15) is 0 Å². The highest BCUT2D eigenvalue weighted by Gasteiger charge is 2.11. The van der Waals surface area contributed by atoms with Crippen LogP contribution in [0, 0.1) is 5.41 Å². The summed E-state index contributed by atoms with van der Waals surface area (Å²) in [6, 6.07) is 7.33. The van der Waals surface area contributed by atoms with E-state index in [0.717, 1.165) is 11.3 Å². The minimum absolute atomic E-state index is 0.0798. The lowest BCUT2D eigenvalue weighted by Gasteiger charge is -2.19. The summed E-state index contributed by atoms with van der Waals surface area (Å²) in [7, 11) is 0. The van der Waals surface area contributed by atoms with Crippen LogP contribution in [0.5, 0.6) is 0 Å². The number of hydrogen-bond acceptors (Lipinski definition) is 2. The molecule has 0 saturated heterocycles. The van der Waals surface area contributed by atoms with Crippen molar-refractivity contribution in [2.24, 2.45) is 11.1 Å². The lowest BCUT2D eigenvalue weighted by molar-refractivity contribution is 0.247. The number of amides is 2. The van der Waals surface area contributed by atoms with E-state index in [2.05, 4.69) is 31.4 Å². The highest BCUT2D eigenvalue weighted by molar-refractivity contribution is 5.89. The third-order valence-electron chi connectivity index (χ3n) is 2.20. The molecule has 1 aromatic rings. The molecule has 0 saturated carbocycles. The summed E-state index contributed by atoms with van der Waals surface area (Å²) in [4.78, 5) is 11.6. The van der Waals surface area contributed by atoms with Crippen molar-refractivity contribution in [2.75, 3.05) is 11.9 Å². The topological polar surface area (TPSA) is 67.2 Å². The van der Waals surface area contributed by atoms with Gasteiger partial charge in [0.15, 0.2) is 0 Å². The number of nitrogens with two attached hydrogens (primary N) is 1. The molecule has 0 aliphatic heterocycles. The summed E-state index contributed by atoms with van der Waals surface area (Å²) in [6.45, 7) is 7.32. The Morgan fingerprint density at radius 3 is 2.65 bits per heavy atom. The van der Waals surface area contributed by atoms with Gasteiger partial charge < -0.3 is 16.4 Å². The summed E-state index contributed by atoms with van der Waals surface area (Å²) in [5.74, 6) is 0. The molecule has 0 aliphatic carbocycles. The van der Waals surface area contributed by atoms with E-state index in [-0.39, 0.29) is 11.4 Å². The summed E-state index contributed by atoms with van der Waals surface area (Å²) >= 11 is 0. The Balaban J connectivity index is 2.50. The van der Waals surface area contributed by atoms with Crippen LogP contribution in [-0.4, -0.2) is 12.6 Å². The first kappa shape index (κ1) is 13.5. The molecule has 4 nitrogen and oxygen atoms in total. The maximum Gasteiger partial charge on any atom is 0.319 e. The molecule has 0 radical (unpaired) electrons. The standard InChI is InChI=1S/C13H21N3O/c1-13(2,3)9-15-12(17)16-11-6-4-5-10(7-11)8-14/h4-7H,8-9,14H2,1-3H3,(H2,15,16,17). The van der Waals surface area contributed by atoms with Crippen LogP contribution in [-0.2, 0) is 6.54 Å².